The molecule has 2 aromatic rings. The molecule has 1 N–H and O–H groups in total. The highest BCUT2D eigenvalue weighted by molar-refractivity contribution is 9.10. The predicted molar refractivity (Wildman–Crippen MR) is 112 cm³/mol. The third kappa shape index (κ3) is 4.33. The molecular formula is C22H26BrNO4. The zero-order valence-electron chi connectivity index (χ0n) is 16.4. The molecule has 6 heteroatoms. The summed E-state index contributed by atoms with van der Waals surface area (Å²) in [5.41, 5.74) is 3.35. The smallest absolute Gasteiger partial charge is 0.307 e. The Bertz CT molecular complexity index is 837. The summed E-state index contributed by atoms with van der Waals surface area (Å²) in [6, 6.07) is 12.2. The molecule has 1 fully saturated rings. The Balaban J connectivity index is 2.09. The van der Waals surface area contributed by atoms with E-state index in [9.17, 15) is 9.90 Å². The Morgan fingerprint density at radius 3 is 2.43 bits per heavy atom. The predicted octanol–water partition coefficient (Wildman–Crippen LogP) is 4.66. The van der Waals surface area contributed by atoms with Gasteiger partial charge in [0, 0.05) is 11.0 Å². The molecule has 0 radical (unpaired) electrons. The molecule has 1 aliphatic heterocycles. The van der Waals surface area contributed by atoms with Gasteiger partial charge in [0.15, 0.2) is 11.5 Å². The topological polar surface area (TPSA) is 59.0 Å². The molecule has 1 saturated heterocycles. The summed E-state index contributed by atoms with van der Waals surface area (Å²) in [5, 5.41) is 9.55. The van der Waals surface area contributed by atoms with Crippen molar-refractivity contribution in [3.63, 3.8) is 0 Å². The van der Waals surface area contributed by atoms with Crippen molar-refractivity contribution in [3.05, 3.63) is 57.6 Å². The van der Waals surface area contributed by atoms with Crippen LogP contribution in [0.15, 0.2) is 40.9 Å². The number of hydrogen-bond acceptors (Lipinski definition) is 4. The Labute approximate surface area is 174 Å². The number of aliphatic carboxylic acids is 1. The fourth-order valence-corrected chi connectivity index (χ4v) is 4.40. The lowest BCUT2D eigenvalue weighted by molar-refractivity contribution is -0.143. The van der Waals surface area contributed by atoms with Crippen LogP contribution in [0.3, 0.4) is 0 Å². The van der Waals surface area contributed by atoms with Gasteiger partial charge in [-0.05, 0) is 49.6 Å². The molecule has 2 atom stereocenters. The van der Waals surface area contributed by atoms with Crippen LogP contribution in [-0.4, -0.2) is 43.3 Å². The lowest BCUT2D eigenvalue weighted by Crippen LogP contribution is -2.41. The van der Waals surface area contributed by atoms with Crippen LogP contribution in [0.5, 0.6) is 11.5 Å². The highest BCUT2D eigenvalue weighted by Crippen LogP contribution is 2.41. The minimum absolute atomic E-state index is 0.0723. The first-order valence-electron chi connectivity index (χ1n) is 9.39. The molecule has 2 unspecified atom stereocenters. The highest BCUT2D eigenvalue weighted by Gasteiger charge is 2.32. The van der Waals surface area contributed by atoms with Crippen LogP contribution >= 0.6 is 15.9 Å². The van der Waals surface area contributed by atoms with Gasteiger partial charge in [0.1, 0.15) is 0 Å². The average Bonchev–Trinajstić information content (AvgIpc) is 2.70. The number of halogens is 1. The maximum absolute atomic E-state index is 11.6. The van der Waals surface area contributed by atoms with E-state index in [0.29, 0.717) is 18.0 Å². The lowest BCUT2D eigenvalue weighted by Gasteiger charge is -2.38. The second-order valence-corrected chi connectivity index (χ2v) is 8.07. The van der Waals surface area contributed by atoms with Crippen molar-refractivity contribution < 1.29 is 19.4 Å². The molecular weight excluding hydrogens is 422 g/mol. The van der Waals surface area contributed by atoms with Crippen molar-refractivity contribution in [1.29, 1.82) is 0 Å². The summed E-state index contributed by atoms with van der Waals surface area (Å²) in [5.74, 6) is 0.242. The minimum atomic E-state index is -0.723. The second kappa shape index (κ2) is 8.97. The molecule has 150 valence electrons. The van der Waals surface area contributed by atoms with Crippen LogP contribution in [0.1, 0.15) is 35.6 Å². The number of benzene rings is 2. The number of carbonyl (C=O) groups is 1. The molecule has 28 heavy (non-hydrogen) atoms. The molecule has 0 saturated carbocycles. The number of piperidine rings is 1. The van der Waals surface area contributed by atoms with Crippen molar-refractivity contribution >= 4 is 21.9 Å². The Hall–Kier alpha value is -2.05. The molecule has 0 spiro atoms. The molecule has 1 aliphatic rings. The number of methoxy groups -OCH3 is 2. The summed E-state index contributed by atoms with van der Waals surface area (Å²) < 4.78 is 11.9. The van der Waals surface area contributed by atoms with E-state index in [1.54, 1.807) is 14.2 Å². The van der Waals surface area contributed by atoms with E-state index in [1.165, 1.54) is 5.56 Å². The van der Waals surface area contributed by atoms with Crippen LogP contribution in [-0.2, 0) is 4.79 Å². The first kappa shape index (κ1) is 20.7. The van der Waals surface area contributed by atoms with Gasteiger partial charge < -0.3 is 14.6 Å². The lowest BCUT2D eigenvalue weighted by atomic mass is 9.91. The van der Waals surface area contributed by atoms with Gasteiger partial charge in [0.2, 0.25) is 0 Å². The van der Waals surface area contributed by atoms with Gasteiger partial charge in [0.25, 0.3) is 0 Å². The van der Waals surface area contributed by atoms with E-state index < -0.39 is 5.97 Å². The molecule has 0 bridgehead atoms. The summed E-state index contributed by atoms with van der Waals surface area (Å²) in [6.07, 6.45) is 1.59. The van der Waals surface area contributed by atoms with E-state index in [4.69, 9.17) is 9.47 Å². The second-order valence-electron chi connectivity index (χ2n) is 7.21. The summed E-state index contributed by atoms with van der Waals surface area (Å²) >= 11 is 3.70. The van der Waals surface area contributed by atoms with Crippen molar-refractivity contribution in [2.24, 2.45) is 5.92 Å². The van der Waals surface area contributed by atoms with E-state index in [0.717, 1.165) is 35.0 Å². The number of nitrogens with zero attached hydrogens (tertiary/aromatic N) is 1. The number of hydrogen-bond donors (Lipinski definition) is 1. The normalized spacial score (nSPS) is 18.5. The zero-order chi connectivity index (χ0) is 20.3. The van der Waals surface area contributed by atoms with Gasteiger partial charge in [-0.3, -0.25) is 9.69 Å². The molecule has 0 aliphatic carbocycles. The fourth-order valence-electron chi connectivity index (χ4n) is 3.86. The SMILES string of the molecule is COc1cc(Br)c(C(c2ccc(C)cc2)N2CCCC(C(=O)O)C2)cc1OC. The average molecular weight is 448 g/mol. The molecule has 5 nitrogen and oxygen atoms in total. The standard InChI is InChI=1S/C22H26BrNO4/c1-14-6-8-15(9-7-14)21(24-10-4-5-16(13-24)22(25)26)17-11-19(27-2)20(28-3)12-18(17)23/h6-9,11-12,16,21H,4-5,10,13H2,1-3H3,(H,25,26). The molecule has 0 aromatic heterocycles. The van der Waals surface area contributed by atoms with E-state index in [1.807, 2.05) is 12.1 Å². The van der Waals surface area contributed by atoms with Gasteiger partial charge in [0.05, 0.1) is 26.2 Å². The van der Waals surface area contributed by atoms with Gasteiger partial charge in [-0.25, -0.2) is 0 Å². The summed E-state index contributed by atoms with van der Waals surface area (Å²) in [7, 11) is 3.24. The Kier molecular flexibility index (Phi) is 6.62. The van der Waals surface area contributed by atoms with E-state index in [2.05, 4.69) is 52.0 Å². The molecule has 3 rings (SSSR count). The summed E-state index contributed by atoms with van der Waals surface area (Å²) in [6.45, 7) is 3.43. The van der Waals surface area contributed by atoms with Crippen LogP contribution in [0.25, 0.3) is 0 Å². The van der Waals surface area contributed by atoms with E-state index in [-0.39, 0.29) is 12.0 Å². The fraction of sp³-hybridized carbons (Fsp3) is 0.409. The van der Waals surface area contributed by atoms with Gasteiger partial charge in [-0.1, -0.05) is 45.8 Å². The Morgan fingerprint density at radius 1 is 1.18 bits per heavy atom. The number of carboxylic acids is 1. The molecule has 0 amide bonds. The van der Waals surface area contributed by atoms with Crippen molar-refractivity contribution in [2.75, 3.05) is 27.3 Å². The van der Waals surface area contributed by atoms with Gasteiger partial charge in [-0.15, -0.1) is 0 Å². The zero-order valence-corrected chi connectivity index (χ0v) is 18.0. The van der Waals surface area contributed by atoms with Crippen LogP contribution in [0.4, 0.5) is 0 Å². The minimum Gasteiger partial charge on any atom is -0.493 e. The van der Waals surface area contributed by atoms with Crippen LogP contribution in [0, 0.1) is 12.8 Å². The van der Waals surface area contributed by atoms with Crippen LogP contribution < -0.4 is 9.47 Å². The van der Waals surface area contributed by atoms with Crippen molar-refractivity contribution in [2.45, 2.75) is 25.8 Å². The highest BCUT2D eigenvalue weighted by atomic mass is 79.9. The number of rotatable bonds is 6. The maximum Gasteiger partial charge on any atom is 0.307 e. The third-order valence-electron chi connectivity index (χ3n) is 5.36. The monoisotopic (exact) mass is 447 g/mol. The number of aryl methyl sites for hydroxylation is 1. The number of carboxylic acid groups (broad SMARTS) is 1. The summed E-state index contributed by atoms with van der Waals surface area (Å²) in [4.78, 5) is 13.9. The number of likely N-dealkylation sites (tertiary alicyclic amines) is 1. The third-order valence-corrected chi connectivity index (χ3v) is 6.04. The first-order valence-corrected chi connectivity index (χ1v) is 10.2. The maximum atomic E-state index is 11.6. The number of ether oxygens (including phenoxy) is 2. The van der Waals surface area contributed by atoms with Crippen LogP contribution in [0.2, 0.25) is 0 Å². The first-order chi connectivity index (χ1) is 13.4. The Morgan fingerprint density at radius 2 is 1.82 bits per heavy atom. The quantitative estimate of drug-likeness (QED) is 0.697. The largest absolute Gasteiger partial charge is 0.493 e. The van der Waals surface area contributed by atoms with Crippen molar-refractivity contribution in [1.82, 2.24) is 4.90 Å². The van der Waals surface area contributed by atoms with E-state index >= 15 is 0 Å². The molecule has 1 heterocycles. The van der Waals surface area contributed by atoms with Crippen molar-refractivity contribution in [3.8, 4) is 11.5 Å². The van der Waals surface area contributed by atoms with Gasteiger partial charge in [-0.2, -0.15) is 0 Å². The van der Waals surface area contributed by atoms with Gasteiger partial charge >= 0.3 is 5.97 Å². The molecule has 2 aromatic carbocycles.